The van der Waals surface area contributed by atoms with Gasteiger partial charge in [0.15, 0.2) is 0 Å². The van der Waals surface area contributed by atoms with Gasteiger partial charge in [0.1, 0.15) is 11.6 Å². The molecule has 1 heterocycles. The van der Waals surface area contributed by atoms with Crippen LogP contribution in [0.15, 0.2) is 54.6 Å². The summed E-state index contributed by atoms with van der Waals surface area (Å²) in [6.07, 6.45) is 0. The average Bonchev–Trinajstić information content (AvgIpc) is 2.62. The molecule has 0 radical (unpaired) electrons. The molecule has 3 rings (SSSR count). The summed E-state index contributed by atoms with van der Waals surface area (Å²) in [4.78, 5) is 20.1. The molecule has 0 fully saturated rings. The second-order valence-electron chi connectivity index (χ2n) is 4.95. The molecule has 120 valence electrons. The third-order valence-corrected chi connectivity index (χ3v) is 3.34. The minimum Gasteiger partial charge on any atom is -0.287 e. The van der Waals surface area contributed by atoms with E-state index in [-0.39, 0.29) is 17.5 Å². The molecule has 0 spiro atoms. The molecule has 0 aliphatic rings. The highest BCUT2D eigenvalue weighted by atomic mass is 19.1. The standard InChI is InChI=1S/C17H12F2N4O/c18-12-5-1-10(2-6-12)14-9-15(11-3-7-13(19)8-4-11)22-16(21-14)17(24)23-20/h1-9H,20H2,(H,23,24). The summed E-state index contributed by atoms with van der Waals surface area (Å²) in [5.41, 5.74) is 4.02. The third-order valence-electron chi connectivity index (χ3n) is 3.34. The number of hydrogen-bond donors (Lipinski definition) is 2. The molecule has 0 bridgehead atoms. The van der Waals surface area contributed by atoms with Gasteiger partial charge in [-0.2, -0.15) is 0 Å². The Morgan fingerprint density at radius 3 is 1.62 bits per heavy atom. The van der Waals surface area contributed by atoms with E-state index in [0.29, 0.717) is 22.5 Å². The molecule has 3 N–H and O–H groups in total. The zero-order valence-electron chi connectivity index (χ0n) is 12.3. The van der Waals surface area contributed by atoms with Gasteiger partial charge in [0, 0.05) is 11.1 Å². The zero-order valence-corrected chi connectivity index (χ0v) is 12.3. The highest BCUT2D eigenvalue weighted by Crippen LogP contribution is 2.24. The lowest BCUT2D eigenvalue weighted by Crippen LogP contribution is -2.31. The zero-order chi connectivity index (χ0) is 17.1. The highest BCUT2D eigenvalue weighted by Gasteiger charge is 2.14. The minimum absolute atomic E-state index is 0.140. The fourth-order valence-corrected chi connectivity index (χ4v) is 2.15. The van der Waals surface area contributed by atoms with Gasteiger partial charge in [0.2, 0.25) is 5.82 Å². The first-order valence-electron chi connectivity index (χ1n) is 6.99. The quantitative estimate of drug-likeness (QED) is 0.440. The van der Waals surface area contributed by atoms with Crippen LogP contribution in [-0.4, -0.2) is 15.9 Å². The van der Waals surface area contributed by atoms with Crippen LogP contribution in [0.5, 0.6) is 0 Å². The van der Waals surface area contributed by atoms with Gasteiger partial charge in [-0.3, -0.25) is 10.2 Å². The molecular formula is C17H12F2N4O. The monoisotopic (exact) mass is 326 g/mol. The second-order valence-corrected chi connectivity index (χ2v) is 4.95. The van der Waals surface area contributed by atoms with E-state index < -0.39 is 5.91 Å². The first-order chi connectivity index (χ1) is 11.6. The number of aromatic nitrogens is 2. The number of amides is 1. The number of hydrazine groups is 1. The number of halogens is 2. The summed E-state index contributed by atoms with van der Waals surface area (Å²) >= 11 is 0. The van der Waals surface area contributed by atoms with Gasteiger partial charge in [-0.25, -0.2) is 24.6 Å². The Hall–Kier alpha value is -3.19. The van der Waals surface area contributed by atoms with Crippen molar-refractivity contribution in [1.82, 2.24) is 15.4 Å². The summed E-state index contributed by atoms with van der Waals surface area (Å²) in [6.45, 7) is 0. The lowest BCUT2D eigenvalue weighted by atomic mass is 10.1. The molecule has 5 nitrogen and oxygen atoms in total. The van der Waals surface area contributed by atoms with E-state index in [0.717, 1.165) is 0 Å². The molecule has 0 saturated heterocycles. The normalized spacial score (nSPS) is 10.5. The van der Waals surface area contributed by atoms with Crippen molar-refractivity contribution in [3.8, 4) is 22.5 Å². The van der Waals surface area contributed by atoms with E-state index in [1.165, 1.54) is 48.5 Å². The number of nitrogens with two attached hydrogens (primary N) is 1. The van der Waals surface area contributed by atoms with Crippen LogP contribution in [0, 0.1) is 11.6 Å². The molecule has 0 aliphatic heterocycles. The van der Waals surface area contributed by atoms with Crippen molar-refractivity contribution in [1.29, 1.82) is 0 Å². The number of nitrogen functional groups attached to an aromatic ring is 1. The maximum absolute atomic E-state index is 13.1. The van der Waals surface area contributed by atoms with Crippen LogP contribution in [0.4, 0.5) is 8.78 Å². The van der Waals surface area contributed by atoms with Crippen LogP contribution in [-0.2, 0) is 0 Å². The summed E-state index contributed by atoms with van der Waals surface area (Å²) in [7, 11) is 0. The Morgan fingerprint density at radius 2 is 1.25 bits per heavy atom. The topological polar surface area (TPSA) is 80.9 Å². The largest absolute Gasteiger partial charge is 0.302 e. The number of carbonyl (C=O) groups excluding carboxylic acids is 1. The lowest BCUT2D eigenvalue weighted by molar-refractivity contribution is 0.0943. The predicted molar refractivity (Wildman–Crippen MR) is 84.5 cm³/mol. The second kappa shape index (κ2) is 6.51. The van der Waals surface area contributed by atoms with Gasteiger partial charge >= 0.3 is 5.91 Å². The first-order valence-corrected chi connectivity index (χ1v) is 6.99. The molecular weight excluding hydrogens is 314 g/mol. The van der Waals surface area contributed by atoms with E-state index >= 15 is 0 Å². The SMILES string of the molecule is NNC(=O)c1nc(-c2ccc(F)cc2)cc(-c2ccc(F)cc2)n1. The van der Waals surface area contributed by atoms with Gasteiger partial charge in [-0.05, 0) is 54.6 Å². The predicted octanol–water partition coefficient (Wildman–Crippen LogP) is 2.69. The van der Waals surface area contributed by atoms with Crippen LogP contribution in [0.2, 0.25) is 0 Å². The van der Waals surface area contributed by atoms with Crippen LogP contribution in [0.25, 0.3) is 22.5 Å². The van der Waals surface area contributed by atoms with Gasteiger partial charge in [0.05, 0.1) is 11.4 Å². The van der Waals surface area contributed by atoms with Crippen molar-refractivity contribution >= 4 is 5.91 Å². The Balaban J connectivity index is 2.14. The number of hydrogen-bond acceptors (Lipinski definition) is 4. The number of nitrogens with zero attached hydrogens (tertiary/aromatic N) is 2. The third kappa shape index (κ3) is 3.26. The Bertz CT molecular complexity index is 816. The molecule has 24 heavy (non-hydrogen) atoms. The van der Waals surface area contributed by atoms with Crippen LogP contribution < -0.4 is 11.3 Å². The van der Waals surface area contributed by atoms with Crippen molar-refractivity contribution < 1.29 is 13.6 Å². The first kappa shape index (κ1) is 15.7. The van der Waals surface area contributed by atoms with Crippen molar-refractivity contribution in [2.75, 3.05) is 0 Å². The van der Waals surface area contributed by atoms with Crippen LogP contribution in [0.1, 0.15) is 10.6 Å². The van der Waals surface area contributed by atoms with Crippen LogP contribution in [0.3, 0.4) is 0 Å². The Morgan fingerprint density at radius 1 is 0.833 bits per heavy atom. The van der Waals surface area contributed by atoms with E-state index in [4.69, 9.17) is 5.84 Å². The van der Waals surface area contributed by atoms with Crippen molar-refractivity contribution in [2.45, 2.75) is 0 Å². The summed E-state index contributed by atoms with van der Waals surface area (Å²) in [6, 6.07) is 12.9. The van der Waals surface area contributed by atoms with E-state index in [1.54, 1.807) is 6.07 Å². The molecule has 2 aromatic carbocycles. The Kier molecular flexibility index (Phi) is 4.26. The van der Waals surface area contributed by atoms with E-state index in [1.807, 2.05) is 5.43 Å². The Labute approximate surface area is 136 Å². The number of rotatable bonds is 3. The fourth-order valence-electron chi connectivity index (χ4n) is 2.15. The smallest absolute Gasteiger partial charge is 0.287 e. The molecule has 1 aromatic heterocycles. The number of carbonyl (C=O) groups is 1. The van der Waals surface area contributed by atoms with E-state index in [9.17, 15) is 13.6 Å². The molecule has 0 saturated carbocycles. The summed E-state index contributed by atoms with van der Waals surface area (Å²) in [5, 5.41) is 0. The maximum Gasteiger partial charge on any atom is 0.302 e. The van der Waals surface area contributed by atoms with Gasteiger partial charge < -0.3 is 0 Å². The molecule has 3 aromatic rings. The van der Waals surface area contributed by atoms with Gasteiger partial charge in [-0.15, -0.1) is 0 Å². The molecule has 7 heteroatoms. The lowest BCUT2D eigenvalue weighted by Gasteiger charge is -2.08. The summed E-state index contributed by atoms with van der Waals surface area (Å²) < 4.78 is 26.2. The highest BCUT2D eigenvalue weighted by molar-refractivity contribution is 5.91. The fraction of sp³-hybridized carbons (Fsp3) is 0. The molecule has 0 aliphatic carbocycles. The summed E-state index contributed by atoms with van der Waals surface area (Å²) in [5.74, 6) is 3.57. The van der Waals surface area contributed by atoms with Crippen molar-refractivity contribution in [3.63, 3.8) is 0 Å². The number of benzene rings is 2. The average molecular weight is 326 g/mol. The van der Waals surface area contributed by atoms with Crippen LogP contribution >= 0.6 is 0 Å². The van der Waals surface area contributed by atoms with Gasteiger partial charge in [0.25, 0.3) is 0 Å². The molecule has 1 amide bonds. The molecule has 0 unspecified atom stereocenters. The maximum atomic E-state index is 13.1. The number of nitrogens with one attached hydrogen (secondary N) is 1. The van der Waals surface area contributed by atoms with E-state index in [2.05, 4.69) is 9.97 Å². The minimum atomic E-state index is -0.665. The molecule has 0 atom stereocenters. The van der Waals surface area contributed by atoms with Crippen molar-refractivity contribution in [3.05, 3.63) is 72.1 Å². The van der Waals surface area contributed by atoms with Gasteiger partial charge in [-0.1, -0.05) is 0 Å². The van der Waals surface area contributed by atoms with Crippen molar-refractivity contribution in [2.24, 2.45) is 5.84 Å².